The zero-order valence-corrected chi connectivity index (χ0v) is 24.0. The van der Waals surface area contributed by atoms with Crippen LogP contribution in [0, 0.1) is 0 Å². The largest absolute Gasteiger partial charge is 0.491 e. The van der Waals surface area contributed by atoms with Crippen molar-refractivity contribution < 1.29 is 19.1 Å². The summed E-state index contributed by atoms with van der Waals surface area (Å²) in [5.41, 5.74) is 1.70. The van der Waals surface area contributed by atoms with Gasteiger partial charge in [-0.3, -0.25) is 9.59 Å². The zero-order valence-electron chi connectivity index (χ0n) is 21.0. The lowest BCUT2D eigenvalue weighted by Crippen LogP contribution is -2.42. The molecule has 4 N–H and O–H groups in total. The van der Waals surface area contributed by atoms with Gasteiger partial charge in [0.1, 0.15) is 12.4 Å². The maximum absolute atomic E-state index is 13.4. The Morgan fingerprint density at radius 2 is 1.70 bits per heavy atom. The minimum absolute atomic E-state index is 0.0689. The molecule has 1 atom stereocenters. The molecule has 9 nitrogen and oxygen atoms in total. The van der Waals surface area contributed by atoms with Crippen LogP contribution in [0.2, 0.25) is 20.1 Å². The molecular formula is C27H23Cl4N5O4. The molecule has 40 heavy (non-hydrogen) atoms. The number of anilines is 1. The van der Waals surface area contributed by atoms with E-state index in [9.17, 15) is 14.4 Å². The number of nitrogens with zero attached hydrogens (tertiary/aromatic N) is 1. The number of carbonyl (C=O) groups is 3. The van der Waals surface area contributed by atoms with E-state index in [0.29, 0.717) is 28.4 Å². The molecule has 0 saturated carbocycles. The van der Waals surface area contributed by atoms with Crippen molar-refractivity contribution in [2.24, 2.45) is 4.99 Å². The predicted octanol–water partition coefficient (Wildman–Crippen LogP) is 5.54. The van der Waals surface area contributed by atoms with Crippen LogP contribution < -0.4 is 26.0 Å². The number of halogens is 4. The molecule has 1 unspecified atom stereocenters. The van der Waals surface area contributed by atoms with Gasteiger partial charge in [0.15, 0.2) is 0 Å². The third kappa shape index (κ3) is 6.98. The van der Waals surface area contributed by atoms with Gasteiger partial charge < -0.3 is 26.0 Å². The summed E-state index contributed by atoms with van der Waals surface area (Å²) < 4.78 is 5.72. The zero-order chi connectivity index (χ0) is 28.8. The average Bonchev–Trinajstić information content (AvgIpc) is 3.03. The van der Waals surface area contributed by atoms with E-state index in [-0.39, 0.29) is 51.3 Å². The van der Waals surface area contributed by atoms with E-state index in [1.165, 1.54) is 24.3 Å². The molecule has 3 aromatic carbocycles. The van der Waals surface area contributed by atoms with Crippen molar-refractivity contribution in [3.05, 3.63) is 91.4 Å². The van der Waals surface area contributed by atoms with Crippen LogP contribution in [0.4, 0.5) is 10.5 Å². The van der Waals surface area contributed by atoms with E-state index in [1.54, 1.807) is 37.3 Å². The molecule has 3 aromatic rings. The molecule has 0 bridgehead atoms. The number of carbonyl (C=O) groups excluding carboxylic acids is 3. The second kappa shape index (κ2) is 13.2. The van der Waals surface area contributed by atoms with E-state index < -0.39 is 18.0 Å². The first kappa shape index (κ1) is 29.5. The minimum atomic E-state index is -1.37. The monoisotopic (exact) mass is 621 g/mol. The van der Waals surface area contributed by atoms with Crippen molar-refractivity contribution in [3.8, 4) is 5.75 Å². The van der Waals surface area contributed by atoms with Gasteiger partial charge in [-0.1, -0.05) is 64.6 Å². The Hall–Kier alpha value is -3.50. The summed E-state index contributed by atoms with van der Waals surface area (Å²) in [6, 6.07) is 14.1. The molecule has 0 fully saturated rings. The standard InChI is InChI=1S/C27H23Cl4N5O4/c1-2-32-27(39)33-9-10-40-21-8-7-14(28)11-17(21)25(37)36-24-26(38)34-20-6-4-3-5-16(20)23(35-24)22-18(30)12-15(29)13-19(22)31/h3-8,11-13,24H,2,9-10H2,1H3,(H,34,38)(H,36,37)(H2,32,33,39). The van der Waals surface area contributed by atoms with E-state index >= 15 is 0 Å². The fraction of sp³-hybridized carbons (Fsp3) is 0.185. The molecule has 4 rings (SSSR count). The average molecular weight is 623 g/mol. The maximum Gasteiger partial charge on any atom is 0.314 e. The number of benzodiazepines with no additional fused rings is 1. The van der Waals surface area contributed by atoms with Crippen LogP contribution in [-0.4, -0.2) is 49.4 Å². The number of aliphatic imine (C=N–C) groups is 1. The molecular weight excluding hydrogens is 600 g/mol. The second-order valence-electron chi connectivity index (χ2n) is 8.41. The molecule has 1 heterocycles. The lowest BCUT2D eigenvalue weighted by atomic mass is 10.0. The van der Waals surface area contributed by atoms with Gasteiger partial charge in [0.2, 0.25) is 6.17 Å². The molecule has 1 aliphatic heterocycles. The molecule has 0 radical (unpaired) electrons. The van der Waals surface area contributed by atoms with Crippen LogP contribution in [0.15, 0.2) is 59.6 Å². The third-order valence-electron chi connectivity index (χ3n) is 5.63. The lowest BCUT2D eigenvalue weighted by Gasteiger charge is -2.16. The van der Waals surface area contributed by atoms with Gasteiger partial charge in [-0.05, 0) is 43.3 Å². The van der Waals surface area contributed by atoms with Crippen molar-refractivity contribution in [1.82, 2.24) is 16.0 Å². The smallest absolute Gasteiger partial charge is 0.314 e. The van der Waals surface area contributed by atoms with Gasteiger partial charge in [-0.15, -0.1) is 0 Å². The number of rotatable bonds is 8. The van der Waals surface area contributed by atoms with E-state index in [4.69, 9.17) is 51.1 Å². The van der Waals surface area contributed by atoms with Gasteiger partial charge in [-0.2, -0.15) is 0 Å². The number of hydrogen-bond acceptors (Lipinski definition) is 5. The molecule has 13 heteroatoms. The van der Waals surface area contributed by atoms with Gasteiger partial charge in [0.05, 0.1) is 33.6 Å². The van der Waals surface area contributed by atoms with Crippen LogP contribution in [0.1, 0.15) is 28.4 Å². The number of ether oxygens (including phenoxy) is 1. The Balaban J connectivity index is 1.64. The Morgan fingerprint density at radius 1 is 0.975 bits per heavy atom. The van der Waals surface area contributed by atoms with Crippen LogP contribution >= 0.6 is 46.4 Å². The quantitative estimate of drug-likeness (QED) is 0.246. The minimum Gasteiger partial charge on any atom is -0.491 e. The lowest BCUT2D eigenvalue weighted by molar-refractivity contribution is -0.117. The van der Waals surface area contributed by atoms with Crippen LogP contribution in [0.3, 0.4) is 0 Å². The summed E-state index contributed by atoms with van der Waals surface area (Å²) in [6.07, 6.45) is -1.37. The molecule has 1 aliphatic rings. The molecule has 0 spiro atoms. The highest BCUT2D eigenvalue weighted by molar-refractivity contribution is 6.44. The summed E-state index contributed by atoms with van der Waals surface area (Å²) in [5, 5.41) is 11.7. The summed E-state index contributed by atoms with van der Waals surface area (Å²) in [5.74, 6) is -1.06. The van der Waals surface area contributed by atoms with Crippen molar-refractivity contribution >= 4 is 75.6 Å². The number of amides is 4. The molecule has 0 saturated heterocycles. The highest BCUT2D eigenvalue weighted by Crippen LogP contribution is 2.34. The highest BCUT2D eigenvalue weighted by atomic mass is 35.5. The summed E-state index contributed by atoms with van der Waals surface area (Å²) >= 11 is 25.3. The van der Waals surface area contributed by atoms with E-state index in [1.807, 2.05) is 0 Å². The number of benzene rings is 3. The van der Waals surface area contributed by atoms with Gasteiger partial charge in [-0.25, -0.2) is 9.79 Å². The molecule has 0 aliphatic carbocycles. The predicted molar refractivity (Wildman–Crippen MR) is 157 cm³/mol. The van der Waals surface area contributed by atoms with Gasteiger partial charge in [0.25, 0.3) is 11.8 Å². The fourth-order valence-electron chi connectivity index (χ4n) is 3.88. The SMILES string of the molecule is CCNC(=O)NCCOc1ccc(Cl)cc1C(=O)NC1N=C(c2c(Cl)cc(Cl)cc2Cl)c2ccccc2NC1=O. The van der Waals surface area contributed by atoms with Crippen molar-refractivity contribution in [3.63, 3.8) is 0 Å². The van der Waals surface area contributed by atoms with Gasteiger partial charge >= 0.3 is 6.03 Å². The second-order valence-corrected chi connectivity index (χ2v) is 10.1. The third-order valence-corrected chi connectivity index (χ3v) is 6.68. The fourth-order valence-corrected chi connectivity index (χ4v) is 5.05. The highest BCUT2D eigenvalue weighted by Gasteiger charge is 2.30. The number of fused-ring (bicyclic) bond motifs is 1. The summed E-state index contributed by atoms with van der Waals surface area (Å²) in [4.78, 5) is 42.8. The Kier molecular flexibility index (Phi) is 9.76. The maximum atomic E-state index is 13.4. The number of nitrogens with one attached hydrogen (secondary N) is 4. The van der Waals surface area contributed by atoms with E-state index in [2.05, 4.69) is 26.3 Å². The van der Waals surface area contributed by atoms with Crippen LogP contribution in [-0.2, 0) is 4.79 Å². The van der Waals surface area contributed by atoms with Crippen molar-refractivity contribution in [1.29, 1.82) is 0 Å². The topological polar surface area (TPSA) is 121 Å². The summed E-state index contributed by atoms with van der Waals surface area (Å²) in [7, 11) is 0. The first-order valence-electron chi connectivity index (χ1n) is 12.1. The summed E-state index contributed by atoms with van der Waals surface area (Å²) in [6.45, 7) is 2.55. The Morgan fingerprint density at radius 3 is 2.42 bits per heavy atom. The van der Waals surface area contributed by atoms with Crippen LogP contribution in [0.25, 0.3) is 0 Å². The Bertz CT molecular complexity index is 1470. The molecule has 4 amide bonds. The van der Waals surface area contributed by atoms with E-state index in [0.717, 1.165) is 0 Å². The molecule has 0 aromatic heterocycles. The number of urea groups is 1. The van der Waals surface area contributed by atoms with Crippen molar-refractivity contribution in [2.75, 3.05) is 25.0 Å². The first-order valence-corrected chi connectivity index (χ1v) is 13.6. The first-order chi connectivity index (χ1) is 19.2. The van der Waals surface area contributed by atoms with Crippen LogP contribution in [0.5, 0.6) is 5.75 Å². The normalized spacial score (nSPS) is 14.3. The van der Waals surface area contributed by atoms with Gasteiger partial charge in [0, 0.05) is 27.7 Å². The van der Waals surface area contributed by atoms with Crippen molar-refractivity contribution in [2.45, 2.75) is 13.1 Å². The number of hydrogen-bond donors (Lipinski definition) is 4. The number of para-hydroxylation sites is 1. The molecule has 208 valence electrons. The Labute approximate surface area is 250 Å².